The Kier molecular flexibility index (Phi) is 7.53. The number of carbonyl (C=O) groups is 1. The third-order valence-corrected chi connectivity index (χ3v) is 6.50. The van der Waals surface area contributed by atoms with E-state index in [2.05, 4.69) is 5.32 Å². The molecule has 1 fully saturated rings. The Morgan fingerprint density at radius 1 is 1.03 bits per heavy atom. The van der Waals surface area contributed by atoms with Crippen molar-refractivity contribution in [3.63, 3.8) is 0 Å². The molecule has 3 rings (SSSR count). The lowest BCUT2D eigenvalue weighted by Crippen LogP contribution is -2.40. The molecular weight excluding hydrogens is 420 g/mol. The third kappa shape index (κ3) is 5.96. The Balaban J connectivity index is 1.84. The van der Waals surface area contributed by atoms with Crippen molar-refractivity contribution in [1.82, 2.24) is 4.31 Å². The number of morpholine rings is 1. The number of hydrogen-bond donors (Lipinski definition) is 1. The molecule has 1 aliphatic rings. The minimum Gasteiger partial charge on any atom is -0.489 e. The molecule has 0 aromatic heterocycles. The average Bonchev–Trinajstić information content (AvgIpc) is 2.75. The molecule has 1 saturated heterocycles. The standard InChI is InChI=1S/C22H28N2O6S/c1-16(2)29-21-10-9-19(31(26,27)24-11-13-28-14-12-24)15-20(21)23-22(25)17(3)30-18-7-5-4-6-8-18/h4-10,15-17H,11-14H2,1-3H3,(H,23,25). The van der Waals surface area contributed by atoms with Crippen molar-refractivity contribution in [3.05, 3.63) is 48.5 Å². The summed E-state index contributed by atoms with van der Waals surface area (Å²) in [6.45, 7) is 6.61. The summed E-state index contributed by atoms with van der Waals surface area (Å²) >= 11 is 0. The van der Waals surface area contributed by atoms with Gasteiger partial charge in [0.15, 0.2) is 6.10 Å². The largest absolute Gasteiger partial charge is 0.489 e. The monoisotopic (exact) mass is 448 g/mol. The normalized spacial score (nSPS) is 16.0. The second-order valence-corrected chi connectivity index (χ2v) is 9.34. The Morgan fingerprint density at radius 3 is 2.35 bits per heavy atom. The maximum atomic E-state index is 13.0. The number of nitrogens with one attached hydrogen (secondary N) is 1. The summed E-state index contributed by atoms with van der Waals surface area (Å²) in [7, 11) is -3.72. The van der Waals surface area contributed by atoms with E-state index in [9.17, 15) is 13.2 Å². The Bertz CT molecular complexity index is 988. The van der Waals surface area contributed by atoms with E-state index in [0.717, 1.165) is 0 Å². The predicted molar refractivity (Wildman–Crippen MR) is 117 cm³/mol. The minimum absolute atomic E-state index is 0.0810. The highest BCUT2D eigenvalue weighted by molar-refractivity contribution is 7.89. The van der Waals surface area contributed by atoms with Crippen molar-refractivity contribution in [2.45, 2.75) is 37.9 Å². The van der Waals surface area contributed by atoms with Crippen molar-refractivity contribution in [1.29, 1.82) is 0 Å². The number of hydrogen-bond acceptors (Lipinski definition) is 6. The van der Waals surface area contributed by atoms with Gasteiger partial charge in [0.1, 0.15) is 11.5 Å². The topological polar surface area (TPSA) is 94.2 Å². The van der Waals surface area contributed by atoms with Gasteiger partial charge in [0.05, 0.1) is 29.9 Å². The van der Waals surface area contributed by atoms with E-state index in [4.69, 9.17) is 14.2 Å². The average molecular weight is 449 g/mol. The quantitative estimate of drug-likeness (QED) is 0.667. The van der Waals surface area contributed by atoms with Crippen LogP contribution in [0.1, 0.15) is 20.8 Å². The van der Waals surface area contributed by atoms with E-state index < -0.39 is 22.0 Å². The molecule has 8 nitrogen and oxygen atoms in total. The Labute approximate surface area is 183 Å². The van der Waals surface area contributed by atoms with Gasteiger partial charge in [-0.15, -0.1) is 0 Å². The van der Waals surface area contributed by atoms with Crippen molar-refractivity contribution in [2.24, 2.45) is 0 Å². The maximum Gasteiger partial charge on any atom is 0.265 e. The highest BCUT2D eigenvalue weighted by Gasteiger charge is 2.28. The van der Waals surface area contributed by atoms with Gasteiger partial charge in [0.2, 0.25) is 10.0 Å². The van der Waals surface area contributed by atoms with Gasteiger partial charge in [0, 0.05) is 13.1 Å². The van der Waals surface area contributed by atoms with Gasteiger partial charge in [-0.25, -0.2) is 8.42 Å². The summed E-state index contributed by atoms with van der Waals surface area (Å²) in [5.41, 5.74) is 0.275. The van der Waals surface area contributed by atoms with Crippen molar-refractivity contribution >= 4 is 21.6 Å². The molecular formula is C22H28N2O6S. The smallest absolute Gasteiger partial charge is 0.265 e. The second-order valence-electron chi connectivity index (χ2n) is 7.40. The van der Waals surface area contributed by atoms with Crippen molar-refractivity contribution in [3.8, 4) is 11.5 Å². The zero-order valence-corrected chi connectivity index (χ0v) is 18.7. The van der Waals surface area contributed by atoms with E-state index in [1.165, 1.54) is 16.4 Å². The molecule has 1 heterocycles. The minimum atomic E-state index is -3.72. The first-order valence-corrected chi connectivity index (χ1v) is 11.6. The first-order chi connectivity index (χ1) is 14.8. The van der Waals surface area contributed by atoms with Gasteiger partial charge in [-0.1, -0.05) is 18.2 Å². The van der Waals surface area contributed by atoms with Gasteiger partial charge in [-0.3, -0.25) is 4.79 Å². The molecule has 1 aliphatic heterocycles. The first kappa shape index (κ1) is 23.1. The molecule has 1 N–H and O–H groups in total. The van der Waals surface area contributed by atoms with Gasteiger partial charge in [-0.2, -0.15) is 4.31 Å². The summed E-state index contributed by atoms with van der Waals surface area (Å²) in [5.74, 6) is 0.530. The van der Waals surface area contributed by atoms with E-state index in [-0.39, 0.29) is 29.8 Å². The lowest BCUT2D eigenvalue weighted by molar-refractivity contribution is -0.122. The lowest BCUT2D eigenvalue weighted by Gasteiger charge is -2.26. The predicted octanol–water partition coefficient (Wildman–Crippen LogP) is 2.90. The van der Waals surface area contributed by atoms with Crippen LogP contribution in [-0.2, 0) is 19.6 Å². The fourth-order valence-electron chi connectivity index (χ4n) is 3.05. The molecule has 0 bridgehead atoms. The second kappa shape index (κ2) is 10.1. The van der Waals surface area contributed by atoms with Gasteiger partial charge >= 0.3 is 0 Å². The molecule has 1 amide bonds. The van der Waals surface area contributed by atoms with E-state index in [0.29, 0.717) is 24.7 Å². The molecule has 1 atom stereocenters. The molecule has 0 spiro atoms. The highest BCUT2D eigenvalue weighted by Crippen LogP contribution is 2.30. The van der Waals surface area contributed by atoms with Crippen molar-refractivity contribution in [2.75, 3.05) is 31.6 Å². The maximum absolute atomic E-state index is 13.0. The van der Waals surface area contributed by atoms with Crippen LogP contribution >= 0.6 is 0 Å². The summed E-state index contributed by atoms with van der Waals surface area (Å²) in [6, 6.07) is 13.5. The van der Waals surface area contributed by atoms with Crippen LogP contribution < -0.4 is 14.8 Å². The highest BCUT2D eigenvalue weighted by atomic mass is 32.2. The number of nitrogens with zero attached hydrogens (tertiary/aromatic N) is 1. The number of amides is 1. The van der Waals surface area contributed by atoms with Crippen LogP contribution in [-0.4, -0.2) is 57.1 Å². The van der Waals surface area contributed by atoms with E-state index in [1.54, 1.807) is 25.1 Å². The lowest BCUT2D eigenvalue weighted by atomic mass is 10.2. The number of para-hydroxylation sites is 1. The first-order valence-electron chi connectivity index (χ1n) is 10.2. The molecule has 0 aliphatic carbocycles. The Hall–Kier alpha value is -2.62. The summed E-state index contributed by atoms with van der Waals surface area (Å²) in [4.78, 5) is 12.8. The third-order valence-electron chi connectivity index (χ3n) is 4.60. The van der Waals surface area contributed by atoms with Crippen LogP contribution in [0.2, 0.25) is 0 Å². The Morgan fingerprint density at radius 2 is 1.71 bits per heavy atom. The van der Waals surface area contributed by atoms with E-state index >= 15 is 0 Å². The van der Waals surface area contributed by atoms with Gasteiger partial charge in [-0.05, 0) is 51.1 Å². The van der Waals surface area contributed by atoms with Gasteiger partial charge in [0.25, 0.3) is 5.91 Å². The molecule has 0 radical (unpaired) electrons. The van der Waals surface area contributed by atoms with Crippen LogP contribution in [0.4, 0.5) is 5.69 Å². The molecule has 0 saturated carbocycles. The summed E-state index contributed by atoms with van der Waals surface area (Å²) in [6.07, 6.45) is -0.954. The molecule has 168 valence electrons. The van der Waals surface area contributed by atoms with E-state index in [1.807, 2.05) is 32.0 Å². The molecule has 2 aromatic rings. The van der Waals surface area contributed by atoms with Crippen molar-refractivity contribution < 1.29 is 27.4 Å². The number of sulfonamides is 1. The van der Waals surface area contributed by atoms with Crippen LogP contribution in [0.5, 0.6) is 11.5 Å². The molecule has 1 unspecified atom stereocenters. The number of carbonyl (C=O) groups excluding carboxylic acids is 1. The number of anilines is 1. The summed E-state index contributed by atoms with van der Waals surface area (Å²) < 4.78 is 44.1. The SMILES string of the molecule is CC(C)Oc1ccc(S(=O)(=O)N2CCOCC2)cc1NC(=O)C(C)Oc1ccccc1. The zero-order chi connectivity index (χ0) is 22.4. The number of ether oxygens (including phenoxy) is 3. The van der Waals surface area contributed by atoms with Gasteiger partial charge < -0.3 is 19.5 Å². The van der Waals surface area contributed by atoms with Crippen LogP contribution in [0.15, 0.2) is 53.4 Å². The van der Waals surface area contributed by atoms with Crippen LogP contribution in [0, 0.1) is 0 Å². The fourth-order valence-corrected chi connectivity index (χ4v) is 4.49. The fraction of sp³-hybridized carbons (Fsp3) is 0.409. The molecule has 9 heteroatoms. The molecule has 2 aromatic carbocycles. The van der Waals surface area contributed by atoms with Crippen LogP contribution in [0.25, 0.3) is 0 Å². The summed E-state index contributed by atoms with van der Waals surface area (Å²) in [5, 5.41) is 2.75. The molecule has 31 heavy (non-hydrogen) atoms. The van der Waals surface area contributed by atoms with Crippen LogP contribution in [0.3, 0.4) is 0 Å². The number of benzene rings is 2. The number of rotatable bonds is 8. The zero-order valence-electron chi connectivity index (χ0n) is 17.9.